The Morgan fingerprint density at radius 2 is 2.00 bits per heavy atom. The Bertz CT molecular complexity index is 563. The summed E-state index contributed by atoms with van der Waals surface area (Å²) < 4.78 is 0. The zero-order valence-corrected chi connectivity index (χ0v) is 13.6. The largest absolute Gasteiger partial charge is 0.354 e. The molecule has 1 amide bonds. The lowest BCUT2D eigenvalue weighted by molar-refractivity contribution is -0.704. The minimum Gasteiger partial charge on any atom is -0.354 e. The van der Waals surface area contributed by atoms with Gasteiger partial charge in [-0.2, -0.15) is 0 Å². The van der Waals surface area contributed by atoms with E-state index in [1.807, 2.05) is 6.92 Å². The highest BCUT2D eigenvalue weighted by Crippen LogP contribution is 2.23. The minimum absolute atomic E-state index is 0.0572. The van der Waals surface area contributed by atoms with Crippen LogP contribution in [0.5, 0.6) is 0 Å². The molecule has 0 unspecified atom stereocenters. The number of benzene rings is 1. The van der Waals surface area contributed by atoms with Crippen LogP contribution in [0.15, 0.2) is 41.8 Å². The van der Waals surface area contributed by atoms with Crippen LogP contribution < -0.4 is 10.6 Å². The van der Waals surface area contributed by atoms with Gasteiger partial charge < -0.3 is 10.6 Å². The highest BCUT2D eigenvalue weighted by atomic mass is 32.1. The quantitative estimate of drug-likeness (QED) is 0.843. The van der Waals surface area contributed by atoms with Crippen LogP contribution in [0.4, 0.5) is 0 Å². The predicted molar refractivity (Wildman–Crippen MR) is 87.4 cm³/mol. The van der Waals surface area contributed by atoms with Crippen LogP contribution in [0.2, 0.25) is 0 Å². The molecule has 0 spiro atoms. The number of amides is 1. The number of carbonyl (C=O) groups excluding carboxylic acids is 1. The van der Waals surface area contributed by atoms with Crippen molar-refractivity contribution in [1.82, 2.24) is 5.32 Å². The van der Waals surface area contributed by atoms with Gasteiger partial charge in [-0.1, -0.05) is 37.3 Å². The number of rotatable bonds is 6. The fourth-order valence-electron chi connectivity index (χ4n) is 2.40. The number of thiophene rings is 1. The first-order chi connectivity index (χ1) is 10.2. The number of aryl methyl sites for hydroxylation is 1. The number of quaternary nitrogens is 1. The average Bonchev–Trinajstić information content (AvgIpc) is 3.05. The van der Waals surface area contributed by atoms with E-state index in [0.29, 0.717) is 0 Å². The van der Waals surface area contributed by atoms with Crippen molar-refractivity contribution >= 4 is 17.2 Å². The summed E-state index contributed by atoms with van der Waals surface area (Å²) in [5, 5.41) is 6.93. The van der Waals surface area contributed by atoms with Crippen molar-refractivity contribution in [3.63, 3.8) is 0 Å². The normalized spacial score (nSPS) is 13.7. The van der Waals surface area contributed by atoms with Crippen LogP contribution in [-0.2, 0) is 11.2 Å². The van der Waals surface area contributed by atoms with E-state index in [1.165, 1.54) is 16.0 Å². The number of carbonyl (C=O) groups is 1. The molecule has 1 heterocycles. The molecule has 4 heteroatoms. The molecular weight excluding hydrogens is 280 g/mol. The third-order valence-corrected chi connectivity index (χ3v) is 4.69. The third-order valence-electron chi connectivity index (χ3n) is 3.74. The van der Waals surface area contributed by atoms with Gasteiger partial charge in [0, 0.05) is 12.6 Å². The highest BCUT2D eigenvalue weighted by molar-refractivity contribution is 7.10. The number of hydrogen-bond acceptors (Lipinski definition) is 2. The fourth-order valence-corrected chi connectivity index (χ4v) is 3.24. The van der Waals surface area contributed by atoms with Gasteiger partial charge in [0.1, 0.15) is 6.04 Å². The Labute approximate surface area is 130 Å². The van der Waals surface area contributed by atoms with E-state index in [9.17, 15) is 4.79 Å². The summed E-state index contributed by atoms with van der Waals surface area (Å²) in [5.41, 5.74) is 2.58. The van der Waals surface area contributed by atoms with Gasteiger partial charge in [0.15, 0.2) is 6.04 Å². The summed E-state index contributed by atoms with van der Waals surface area (Å²) in [6, 6.07) is 13.0. The first kappa shape index (κ1) is 15.7. The summed E-state index contributed by atoms with van der Waals surface area (Å²) in [6.45, 7) is 4.10. The first-order valence-corrected chi connectivity index (χ1v) is 8.22. The van der Waals surface area contributed by atoms with Gasteiger partial charge in [-0.05, 0) is 30.4 Å². The summed E-state index contributed by atoms with van der Waals surface area (Å²) in [7, 11) is 1.68. The number of nitrogens with two attached hydrogens (primary N) is 1. The second-order valence-corrected chi connectivity index (χ2v) is 6.16. The van der Waals surface area contributed by atoms with Crippen molar-refractivity contribution in [3.8, 4) is 0 Å². The molecule has 0 fully saturated rings. The number of nitrogens with one attached hydrogen (secondary N) is 1. The van der Waals surface area contributed by atoms with Crippen molar-refractivity contribution in [3.05, 3.63) is 57.8 Å². The Morgan fingerprint density at radius 3 is 2.52 bits per heavy atom. The van der Waals surface area contributed by atoms with Gasteiger partial charge in [0.2, 0.25) is 0 Å². The highest BCUT2D eigenvalue weighted by Gasteiger charge is 2.24. The maximum atomic E-state index is 11.8. The maximum Gasteiger partial charge on any atom is 0.277 e. The molecule has 3 nitrogen and oxygen atoms in total. The predicted octanol–water partition coefficient (Wildman–Crippen LogP) is 2.10. The summed E-state index contributed by atoms with van der Waals surface area (Å²) in [6.07, 6.45) is 1.04. The maximum absolute atomic E-state index is 11.8. The minimum atomic E-state index is -0.118. The van der Waals surface area contributed by atoms with E-state index in [2.05, 4.69) is 59.3 Å². The standard InChI is InChI=1S/C17H22N2OS/c1-4-13-7-9-14(10-8-13)16(15-6-5-11-21-15)19-12(2)17(20)18-3/h5-12,16,19H,4H2,1-3H3,(H,18,20)/p+1/t12-,16+/m1/s1. The molecule has 2 aromatic rings. The van der Waals surface area contributed by atoms with Crippen LogP contribution >= 0.6 is 11.3 Å². The lowest BCUT2D eigenvalue weighted by Crippen LogP contribution is -2.92. The zero-order valence-electron chi connectivity index (χ0n) is 12.8. The Hall–Kier alpha value is -1.65. The summed E-state index contributed by atoms with van der Waals surface area (Å²) in [4.78, 5) is 13.1. The molecule has 112 valence electrons. The van der Waals surface area contributed by atoms with Crippen LogP contribution in [0.3, 0.4) is 0 Å². The van der Waals surface area contributed by atoms with Gasteiger partial charge in [0.05, 0.1) is 4.88 Å². The van der Waals surface area contributed by atoms with Gasteiger partial charge in [-0.25, -0.2) is 0 Å². The van der Waals surface area contributed by atoms with E-state index < -0.39 is 0 Å². The molecule has 1 aromatic heterocycles. The Kier molecular flexibility index (Phi) is 5.53. The molecule has 0 radical (unpaired) electrons. The van der Waals surface area contributed by atoms with E-state index in [-0.39, 0.29) is 18.0 Å². The fraction of sp³-hybridized carbons (Fsp3) is 0.353. The van der Waals surface area contributed by atoms with Gasteiger partial charge in [0.25, 0.3) is 5.91 Å². The molecule has 3 N–H and O–H groups in total. The van der Waals surface area contributed by atoms with Crippen LogP contribution in [-0.4, -0.2) is 19.0 Å². The molecule has 0 aliphatic rings. The lowest BCUT2D eigenvalue weighted by atomic mass is 10.0. The Morgan fingerprint density at radius 1 is 1.29 bits per heavy atom. The van der Waals surface area contributed by atoms with Crippen molar-refractivity contribution in [2.24, 2.45) is 0 Å². The first-order valence-electron chi connectivity index (χ1n) is 7.34. The summed E-state index contributed by atoms with van der Waals surface area (Å²) in [5.74, 6) is 0.0572. The molecule has 0 bridgehead atoms. The van der Waals surface area contributed by atoms with Gasteiger partial charge >= 0.3 is 0 Å². The molecule has 0 aliphatic heterocycles. The molecular formula is C17H23N2OS+. The van der Waals surface area contributed by atoms with E-state index in [1.54, 1.807) is 18.4 Å². The third kappa shape index (κ3) is 3.93. The smallest absolute Gasteiger partial charge is 0.277 e. The van der Waals surface area contributed by atoms with Crippen LogP contribution in [0.25, 0.3) is 0 Å². The van der Waals surface area contributed by atoms with Crippen molar-refractivity contribution in [1.29, 1.82) is 0 Å². The van der Waals surface area contributed by atoms with Crippen LogP contribution in [0.1, 0.15) is 35.9 Å². The number of hydrogen-bond donors (Lipinski definition) is 2. The average molecular weight is 303 g/mol. The molecule has 0 saturated heterocycles. The molecule has 0 saturated carbocycles. The Balaban J connectivity index is 2.25. The zero-order chi connectivity index (χ0) is 15.2. The van der Waals surface area contributed by atoms with Gasteiger partial charge in [-0.3, -0.25) is 4.79 Å². The van der Waals surface area contributed by atoms with E-state index in [0.717, 1.165) is 6.42 Å². The molecule has 2 atom stereocenters. The van der Waals surface area contributed by atoms with E-state index in [4.69, 9.17) is 0 Å². The SMILES string of the molecule is CCc1ccc([C@H]([NH2+][C@H](C)C(=O)NC)c2cccs2)cc1. The van der Waals surface area contributed by atoms with Crippen LogP contribution in [0, 0.1) is 0 Å². The second-order valence-electron chi connectivity index (χ2n) is 5.18. The molecule has 2 rings (SSSR count). The molecule has 0 aliphatic carbocycles. The lowest BCUT2D eigenvalue weighted by Gasteiger charge is -2.19. The summed E-state index contributed by atoms with van der Waals surface area (Å²) >= 11 is 1.73. The van der Waals surface area contributed by atoms with Crippen molar-refractivity contribution in [2.75, 3.05) is 7.05 Å². The molecule has 1 aromatic carbocycles. The van der Waals surface area contributed by atoms with Crippen molar-refractivity contribution < 1.29 is 10.1 Å². The van der Waals surface area contributed by atoms with Gasteiger partial charge in [-0.15, -0.1) is 11.3 Å². The monoisotopic (exact) mass is 303 g/mol. The van der Waals surface area contributed by atoms with Crippen molar-refractivity contribution in [2.45, 2.75) is 32.4 Å². The molecule has 21 heavy (non-hydrogen) atoms. The topological polar surface area (TPSA) is 45.7 Å². The number of likely N-dealkylation sites (N-methyl/N-ethyl adjacent to an activating group) is 1. The second kappa shape index (κ2) is 7.38. The van der Waals surface area contributed by atoms with E-state index >= 15 is 0 Å².